The molecule has 0 amide bonds. The van der Waals surface area contributed by atoms with Crippen LogP contribution in [-0.4, -0.2) is 22.5 Å². The second-order valence-corrected chi connectivity index (χ2v) is 7.07. The molecule has 1 aliphatic rings. The molecule has 0 spiro atoms. The maximum atomic E-state index is 6.09. The van der Waals surface area contributed by atoms with Gasteiger partial charge in [0, 0.05) is 28.8 Å². The van der Waals surface area contributed by atoms with E-state index in [4.69, 9.17) is 5.73 Å². The summed E-state index contributed by atoms with van der Waals surface area (Å²) in [6.45, 7) is 5.31. The van der Waals surface area contributed by atoms with Gasteiger partial charge in [0.15, 0.2) is 0 Å². The lowest BCUT2D eigenvalue weighted by atomic mass is 10.1. The average Bonchev–Trinajstić information content (AvgIpc) is 2.95. The quantitative estimate of drug-likeness (QED) is 0.805. The highest BCUT2D eigenvalue weighted by atomic mass is 32.2. The summed E-state index contributed by atoms with van der Waals surface area (Å²) in [7, 11) is 0. The van der Waals surface area contributed by atoms with Gasteiger partial charge in [0.05, 0.1) is 0 Å². The van der Waals surface area contributed by atoms with Gasteiger partial charge in [-0.25, -0.2) is 4.98 Å². The van der Waals surface area contributed by atoms with E-state index in [9.17, 15) is 0 Å². The van der Waals surface area contributed by atoms with Gasteiger partial charge in [-0.05, 0) is 44.4 Å². The smallest absolute Gasteiger partial charge is 0.128 e. The molecule has 1 fully saturated rings. The van der Waals surface area contributed by atoms with Crippen molar-refractivity contribution in [1.29, 1.82) is 0 Å². The molecule has 1 atom stereocenters. The van der Waals surface area contributed by atoms with Crippen LogP contribution in [0.1, 0.15) is 56.2 Å². The van der Waals surface area contributed by atoms with E-state index in [1.165, 1.54) is 36.8 Å². The number of pyridine rings is 1. The Labute approximate surface area is 127 Å². The molecular formula is C16H27N3S. The molecule has 0 aromatic carbocycles. The van der Waals surface area contributed by atoms with E-state index in [-0.39, 0.29) is 0 Å². The fraction of sp³-hybridized carbons (Fsp3) is 0.688. The Hall–Kier alpha value is -0.740. The fourth-order valence-corrected chi connectivity index (χ4v) is 4.17. The molecule has 1 saturated carbocycles. The highest BCUT2D eigenvalue weighted by molar-refractivity contribution is 7.99. The van der Waals surface area contributed by atoms with Crippen molar-refractivity contribution >= 4 is 17.6 Å². The lowest BCUT2D eigenvalue weighted by Gasteiger charge is -2.22. The first-order chi connectivity index (χ1) is 9.70. The summed E-state index contributed by atoms with van der Waals surface area (Å²) >= 11 is 2.11. The molecule has 1 heterocycles. The molecule has 0 radical (unpaired) electrons. The Morgan fingerprint density at radius 3 is 2.90 bits per heavy atom. The molecule has 0 aliphatic heterocycles. The van der Waals surface area contributed by atoms with Crippen molar-refractivity contribution in [2.24, 2.45) is 0 Å². The van der Waals surface area contributed by atoms with Gasteiger partial charge >= 0.3 is 0 Å². The molecule has 1 aromatic heterocycles. The monoisotopic (exact) mass is 293 g/mol. The first-order valence-electron chi connectivity index (χ1n) is 7.77. The van der Waals surface area contributed by atoms with Crippen LogP contribution in [0.15, 0.2) is 12.3 Å². The SMILES string of the molecule is CCCNC(CSC1CCCC1)c1cc(C)cnc1N. The second-order valence-electron chi connectivity index (χ2n) is 5.73. The Morgan fingerprint density at radius 1 is 1.45 bits per heavy atom. The first kappa shape index (κ1) is 15.6. The number of hydrogen-bond donors (Lipinski definition) is 2. The molecule has 112 valence electrons. The molecular weight excluding hydrogens is 266 g/mol. The van der Waals surface area contributed by atoms with Crippen LogP contribution in [0.5, 0.6) is 0 Å². The zero-order valence-electron chi connectivity index (χ0n) is 12.7. The lowest BCUT2D eigenvalue weighted by Crippen LogP contribution is -2.26. The van der Waals surface area contributed by atoms with Crippen LogP contribution in [0.25, 0.3) is 0 Å². The molecule has 20 heavy (non-hydrogen) atoms. The van der Waals surface area contributed by atoms with Crippen molar-refractivity contribution in [3.63, 3.8) is 0 Å². The van der Waals surface area contributed by atoms with Crippen molar-refractivity contribution in [2.75, 3.05) is 18.0 Å². The first-order valence-corrected chi connectivity index (χ1v) is 8.82. The minimum Gasteiger partial charge on any atom is -0.383 e. The Balaban J connectivity index is 2.02. The largest absolute Gasteiger partial charge is 0.383 e. The van der Waals surface area contributed by atoms with Gasteiger partial charge in [-0.15, -0.1) is 0 Å². The third kappa shape index (κ3) is 4.38. The molecule has 2 rings (SSSR count). The molecule has 0 bridgehead atoms. The van der Waals surface area contributed by atoms with Crippen LogP contribution >= 0.6 is 11.8 Å². The zero-order chi connectivity index (χ0) is 14.4. The van der Waals surface area contributed by atoms with Crippen LogP contribution < -0.4 is 11.1 Å². The third-order valence-corrected chi connectivity index (χ3v) is 5.37. The summed E-state index contributed by atoms with van der Waals surface area (Å²) in [6.07, 6.45) is 8.56. The maximum absolute atomic E-state index is 6.09. The standard InChI is InChI=1S/C16H27N3S/c1-3-8-18-15(11-20-13-6-4-5-7-13)14-9-12(2)10-19-16(14)17/h9-10,13,15,18H,3-8,11H2,1-2H3,(H2,17,19). The van der Waals surface area contributed by atoms with Crippen molar-refractivity contribution < 1.29 is 0 Å². The van der Waals surface area contributed by atoms with Crippen molar-refractivity contribution in [3.05, 3.63) is 23.4 Å². The van der Waals surface area contributed by atoms with Crippen LogP contribution in [0, 0.1) is 6.92 Å². The number of nitrogen functional groups attached to an aromatic ring is 1. The zero-order valence-corrected chi connectivity index (χ0v) is 13.5. The van der Waals surface area contributed by atoms with Crippen LogP contribution in [0.4, 0.5) is 5.82 Å². The summed E-state index contributed by atoms with van der Waals surface area (Å²) in [5, 5.41) is 4.48. The topological polar surface area (TPSA) is 50.9 Å². The van der Waals surface area contributed by atoms with Crippen LogP contribution in [-0.2, 0) is 0 Å². The molecule has 0 saturated heterocycles. The number of anilines is 1. The van der Waals surface area contributed by atoms with E-state index in [2.05, 4.69) is 42.0 Å². The van der Waals surface area contributed by atoms with E-state index in [1.807, 2.05) is 6.20 Å². The van der Waals surface area contributed by atoms with E-state index in [0.29, 0.717) is 11.9 Å². The second kappa shape index (κ2) is 7.89. The third-order valence-electron chi connectivity index (χ3n) is 3.90. The molecule has 1 unspecified atom stereocenters. The Bertz CT molecular complexity index is 416. The van der Waals surface area contributed by atoms with Crippen molar-refractivity contribution in [3.8, 4) is 0 Å². The van der Waals surface area contributed by atoms with E-state index >= 15 is 0 Å². The summed E-state index contributed by atoms with van der Waals surface area (Å²) < 4.78 is 0. The van der Waals surface area contributed by atoms with Gasteiger partial charge < -0.3 is 11.1 Å². The highest BCUT2D eigenvalue weighted by Crippen LogP contribution is 2.33. The van der Waals surface area contributed by atoms with Crippen molar-refractivity contribution in [1.82, 2.24) is 10.3 Å². The number of nitrogens with two attached hydrogens (primary N) is 1. The molecule has 1 aromatic rings. The van der Waals surface area contributed by atoms with Gasteiger partial charge in [-0.2, -0.15) is 11.8 Å². The maximum Gasteiger partial charge on any atom is 0.128 e. The summed E-state index contributed by atoms with van der Waals surface area (Å²) in [6, 6.07) is 2.51. The number of thioether (sulfide) groups is 1. The van der Waals surface area contributed by atoms with Crippen LogP contribution in [0.3, 0.4) is 0 Å². The summed E-state index contributed by atoms with van der Waals surface area (Å²) in [5.74, 6) is 1.77. The predicted octanol–water partition coefficient (Wildman–Crippen LogP) is 3.69. The number of nitrogens with one attached hydrogen (secondary N) is 1. The highest BCUT2D eigenvalue weighted by Gasteiger charge is 2.20. The minimum absolute atomic E-state index is 0.327. The molecule has 1 aliphatic carbocycles. The number of nitrogens with zero attached hydrogens (tertiary/aromatic N) is 1. The Kier molecular flexibility index (Phi) is 6.17. The van der Waals surface area contributed by atoms with Gasteiger partial charge in [0.1, 0.15) is 5.82 Å². The van der Waals surface area contributed by atoms with Gasteiger partial charge in [-0.1, -0.05) is 19.8 Å². The normalized spacial score (nSPS) is 17.5. The van der Waals surface area contributed by atoms with Crippen molar-refractivity contribution in [2.45, 2.75) is 57.2 Å². The molecule has 3 N–H and O–H groups in total. The summed E-state index contributed by atoms with van der Waals surface area (Å²) in [5.41, 5.74) is 8.44. The van der Waals surface area contributed by atoms with Crippen LogP contribution in [0.2, 0.25) is 0 Å². The van der Waals surface area contributed by atoms with E-state index in [0.717, 1.165) is 24.0 Å². The van der Waals surface area contributed by atoms with E-state index in [1.54, 1.807) is 0 Å². The number of aromatic nitrogens is 1. The van der Waals surface area contributed by atoms with E-state index < -0.39 is 0 Å². The molecule has 4 heteroatoms. The molecule has 3 nitrogen and oxygen atoms in total. The number of aryl methyl sites for hydroxylation is 1. The number of hydrogen-bond acceptors (Lipinski definition) is 4. The summed E-state index contributed by atoms with van der Waals surface area (Å²) in [4.78, 5) is 4.32. The van der Waals surface area contributed by atoms with Gasteiger partial charge in [0.25, 0.3) is 0 Å². The Morgan fingerprint density at radius 2 is 2.20 bits per heavy atom. The minimum atomic E-state index is 0.327. The number of rotatable bonds is 7. The van der Waals surface area contributed by atoms with Gasteiger partial charge in [-0.3, -0.25) is 0 Å². The average molecular weight is 293 g/mol. The predicted molar refractivity (Wildman–Crippen MR) is 89.1 cm³/mol. The van der Waals surface area contributed by atoms with Gasteiger partial charge in [0.2, 0.25) is 0 Å². The lowest BCUT2D eigenvalue weighted by molar-refractivity contribution is 0.576. The fourth-order valence-electron chi connectivity index (χ4n) is 2.75.